The Morgan fingerprint density at radius 2 is 1.15 bits per heavy atom. The molecule has 142 valence electrons. The molecule has 26 heavy (non-hydrogen) atoms. The van der Waals surface area contributed by atoms with Crippen molar-refractivity contribution in [1.82, 2.24) is 10.6 Å². The van der Waals surface area contributed by atoms with Crippen LogP contribution in [0.4, 0.5) is 0 Å². The topological polar surface area (TPSA) is 173 Å². The Bertz CT molecular complexity index is 646. The van der Waals surface area contributed by atoms with Crippen LogP contribution in [0.3, 0.4) is 0 Å². The van der Waals surface area contributed by atoms with E-state index < -0.39 is 48.0 Å². The smallest absolute Gasteiger partial charge is 0.328 e. The zero-order chi connectivity index (χ0) is 20.0. The minimum absolute atomic E-state index is 0.0616. The molecule has 0 fully saturated rings. The fraction of sp³-hybridized carbons (Fsp3) is 0.375. The summed E-state index contributed by atoms with van der Waals surface area (Å²) >= 11 is 0. The Kier molecular flexibility index (Phi) is 7.23. The van der Waals surface area contributed by atoms with Crippen LogP contribution >= 0.6 is 0 Å². The van der Waals surface area contributed by atoms with Crippen LogP contribution in [-0.4, -0.2) is 68.5 Å². The van der Waals surface area contributed by atoms with Gasteiger partial charge >= 0.3 is 11.9 Å². The molecule has 10 nitrogen and oxygen atoms in total. The summed E-state index contributed by atoms with van der Waals surface area (Å²) in [5.41, 5.74) is -0.123. The molecule has 2 amide bonds. The van der Waals surface area contributed by atoms with E-state index in [1.165, 1.54) is 32.0 Å². The molecule has 10 heteroatoms. The Labute approximate surface area is 148 Å². The van der Waals surface area contributed by atoms with Gasteiger partial charge in [0.15, 0.2) is 12.1 Å². The number of aliphatic hydroxyl groups is 2. The average Bonchev–Trinajstić information content (AvgIpc) is 2.55. The second-order valence-electron chi connectivity index (χ2n) is 5.64. The second kappa shape index (κ2) is 8.92. The normalized spacial score (nSPS) is 15.2. The van der Waals surface area contributed by atoms with Crippen molar-refractivity contribution in [1.29, 1.82) is 0 Å². The van der Waals surface area contributed by atoms with Crippen LogP contribution in [0.1, 0.15) is 34.6 Å². The lowest BCUT2D eigenvalue weighted by molar-refractivity contribution is -0.142. The van der Waals surface area contributed by atoms with Gasteiger partial charge in [-0.1, -0.05) is 6.07 Å². The average molecular weight is 368 g/mol. The molecule has 6 N–H and O–H groups in total. The highest BCUT2D eigenvalue weighted by Crippen LogP contribution is 2.08. The van der Waals surface area contributed by atoms with Crippen molar-refractivity contribution in [2.24, 2.45) is 0 Å². The zero-order valence-electron chi connectivity index (χ0n) is 14.0. The van der Waals surface area contributed by atoms with Gasteiger partial charge in [-0.05, 0) is 32.0 Å². The number of amides is 2. The molecule has 0 unspecified atom stereocenters. The molecule has 0 heterocycles. The molecule has 0 spiro atoms. The van der Waals surface area contributed by atoms with E-state index in [-0.39, 0.29) is 11.1 Å². The summed E-state index contributed by atoms with van der Waals surface area (Å²) in [5.74, 6) is -4.52. The highest BCUT2D eigenvalue weighted by atomic mass is 16.4. The van der Waals surface area contributed by atoms with E-state index in [1.54, 1.807) is 0 Å². The van der Waals surface area contributed by atoms with Gasteiger partial charge in [-0.2, -0.15) is 0 Å². The lowest BCUT2D eigenvalue weighted by atomic mass is 10.1. The summed E-state index contributed by atoms with van der Waals surface area (Å²) in [4.78, 5) is 46.3. The van der Waals surface area contributed by atoms with Gasteiger partial charge < -0.3 is 31.1 Å². The Morgan fingerprint density at radius 1 is 0.808 bits per heavy atom. The number of carbonyl (C=O) groups is 4. The van der Waals surface area contributed by atoms with Gasteiger partial charge in [0.1, 0.15) is 0 Å². The first-order valence-electron chi connectivity index (χ1n) is 7.58. The van der Waals surface area contributed by atoms with E-state index in [2.05, 4.69) is 10.6 Å². The van der Waals surface area contributed by atoms with E-state index in [4.69, 9.17) is 10.2 Å². The first-order chi connectivity index (χ1) is 12.0. The van der Waals surface area contributed by atoms with Crippen LogP contribution in [0.5, 0.6) is 0 Å². The molecule has 4 atom stereocenters. The summed E-state index contributed by atoms with van der Waals surface area (Å²) in [5, 5.41) is 40.9. The second-order valence-corrected chi connectivity index (χ2v) is 5.64. The quantitative estimate of drug-likeness (QED) is 0.332. The summed E-state index contributed by atoms with van der Waals surface area (Å²) in [6.07, 6.45) is -2.68. The van der Waals surface area contributed by atoms with Gasteiger partial charge in [0.2, 0.25) is 0 Å². The molecule has 0 aliphatic rings. The minimum Gasteiger partial charge on any atom is -0.480 e. The summed E-state index contributed by atoms with van der Waals surface area (Å²) in [7, 11) is 0. The predicted octanol–water partition coefficient (Wildman–Crippen LogP) is -1.19. The maximum atomic E-state index is 12.1. The number of nitrogens with one attached hydrogen (secondary N) is 2. The molecular weight excluding hydrogens is 348 g/mol. The lowest BCUT2D eigenvalue weighted by Gasteiger charge is -2.18. The molecule has 1 aromatic carbocycles. The maximum absolute atomic E-state index is 12.1. The minimum atomic E-state index is -1.54. The molecule has 0 bridgehead atoms. The summed E-state index contributed by atoms with van der Waals surface area (Å²) < 4.78 is 0. The van der Waals surface area contributed by atoms with Crippen LogP contribution < -0.4 is 10.6 Å². The van der Waals surface area contributed by atoms with Crippen LogP contribution in [0, 0.1) is 0 Å². The number of benzene rings is 1. The van der Waals surface area contributed by atoms with E-state index in [0.29, 0.717) is 0 Å². The predicted molar refractivity (Wildman–Crippen MR) is 87.6 cm³/mol. The largest absolute Gasteiger partial charge is 0.480 e. The molecule has 0 saturated carbocycles. The summed E-state index contributed by atoms with van der Waals surface area (Å²) in [6, 6.07) is 2.04. The van der Waals surface area contributed by atoms with Gasteiger partial charge in [-0.3, -0.25) is 9.59 Å². The van der Waals surface area contributed by atoms with E-state index in [0.717, 1.165) is 6.07 Å². The third-order valence-electron chi connectivity index (χ3n) is 3.46. The molecule has 0 saturated heterocycles. The van der Waals surface area contributed by atoms with E-state index in [1.807, 2.05) is 0 Å². The number of rotatable bonds is 8. The Balaban J connectivity index is 2.96. The van der Waals surface area contributed by atoms with Crippen LogP contribution in [0.15, 0.2) is 24.3 Å². The Morgan fingerprint density at radius 3 is 1.42 bits per heavy atom. The van der Waals surface area contributed by atoms with Crippen molar-refractivity contribution >= 4 is 23.8 Å². The summed E-state index contributed by atoms with van der Waals surface area (Å²) in [6.45, 7) is 2.40. The molecular formula is C16H20N2O8. The van der Waals surface area contributed by atoms with Crippen LogP contribution in [-0.2, 0) is 9.59 Å². The first kappa shape index (κ1) is 21.1. The van der Waals surface area contributed by atoms with Crippen molar-refractivity contribution < 1.29 is 39.6 Å². The fourth-order valence-electron chi connectivity index (χ4n) is 2.03. The highest BCUT2D eigenvalue weighted by molar-refractivity contribution is 6.01. The highest BCUT2D eigenvalue weighted by Gasteiger charge is 2.27. The van der Waals surface area contributed by atoms with Crippen LogP contribution in [0.25, 0.3) is 0 Å². The fourth-order valence-corrected chi connectivity index (χ4v) is 2.03. The molecule has 1 aromatic rings. The number of aliphatic hydroxyl groups excluding tert-OH is 2. The molecule has 1 rings (SSSR count). The number of carboxylic acid groups (broad SMARTS) is 2. The van der Waals surface area contributed by atoms with Crippen LogP contribution in [0.2, 0.25) is 0 Å². The standard InChI is InChI=1S/C16H20N2O8/c1-7(19)11(15(23)24)17-13(21)9-4-3-5-10(6-9)14(22)18-12(8(2)20)16(25)26/h3-8,11-12,19-20H,1-2H3,(H,17,21)(H,18,22)(H,23,24)(H,25,26)/t7-,8+,11-,12-/m0/s1. The molecule has 0 aliphatic carbocycles. The van der Waals surface area contributed by atoms with Gasteiger partial charge in [0, 0.05) is 11.1 Å². The number of carboxylic acids is 2. The number of aliphatic carboxylic acids is 2. The third kappa shape index (κ3) is 5.53. The van der Waals surface area contributed by atoms with Gasteiger partial charge in [0.25, 0.3) is 11.8 Å². The molecule has 0 radical (unpaired) electrons. The number of carbonyl (C=O) groups excluding carboxylic acids is 2. The zero-order valence-corrected chi connectivity index (χ0v) is 14.0. The maximum Gasteiger partial charge on any atom is 0.328 e. The van der Waals surface area contributed by atoms with Gasteiger partial charge in [-0.25, -0.2) is 9.59 Å². The molecule has 0 aliphatic heterocycles. The monoisotopic (exact) mass is 368 g/mol. The Hall–Kier alpha value is -2.98. The number of hydrogen-bond donors (Lipinski definition) is 6. The lowest BCUT2D eigenvalue weighted by Crippen LogP contribution is -2.48. The van der Waals surface area contributed by atoms with Crippen molar-refractivity contribution in [2.45, 2.75) is 38.1 Å². The van der Waals surface area contributed by atoms with Crippen molar-refractivity contribution in [3.63, 3.8) is 0 Å². The third-order valence-corrected chi connectivity index (χ3v) is 3.46. The van der Waals surface area contributed by atoms with Gasteiger partial charge in [0.05, 0.1) is 12.2 Å². The van der Waals surface area contributed by atoms with Crippen molar-refractivity contribution in [3.8, 4) is 0 Å². The van der Waals surface area contributed by atoms with E-state index in [9.17, 15) is 29.4 Å². The van der Waals surface area contributed by atoms with Crippen molar-refractivity contribution in [3.05, 3.63) is 35.4 Å². The first-order valence-corrected chi connectivity index (χ1v) is 7.58. The number of hydrogen-bond acceptors (Lipinski definition) is 6. The SMILES string of the molecule is C[C@H](O)[C@H](NC(=O)c1cccc(C(=O)N[C@H](C(=O)O)[C@@H](C)O)c1)C(=O)O. The van der Waals surface area contributed by atoms with E-state index >= 15 is 0 Å². The molecule has 0 aromatic heterocycles. The van der Waals surface area contributed by atoms with Crippen molar-refractivity contribution in [2.75, 3.05) is 0 Å². The van der Waals surface area contributed by atoms with Gasteiger partial charge in [-0.15, -0.1) is 0 Å².